The fourth-order valence-electron chi connectivity index (χ4n) is 3.02. The Labute approximate surface area is 185 Å². The quantitative estimate of drug-likeness (QED) is 0.302. The molecule has 1 atom stereocenters. The number of benzene rings is 3. The molecule has 3 rings (SSSR count). The number of hydrogen-bond acceptors (Lipinski definition) is 2. The predicted molar refractivity (Wildman–Crippen MR) is 123 cm³/mol. The van der Waals surface area contributed by atoms with Crippen molar-refractivity contribution in [3.8, 4) is 0 Å². The molecular formula is C23H19Cl3N2O. The van der Waals surface area contributed by atoms with Crippen molar-refractivity contribution in [2.45, 2.75) is 19.8 Å². The first-order valence-corrected chi connectivity index (χ1v) is 10.1. The smallest absolute Gasteiger partial charge is 0.244 e. The largest absolute Gasteiger partial charge is 0.273 e. The van der Waals surface area contributed by atoms with Crippen LogP contribution in [0.1, 0.15) is 36.5 Å². The second-order valence-electron chi connectivity index (χ2n) is 6.58. The Bertz CT molecular complexity index is 1010. The van der Waals surface area contributed by atoms with Crippen LogP contribution in [0.3, 0.4) is 0 Å². The van der Waals surface area contributed by atoms with E-state index >= 15 is 0 Å². The predicted octanol–water partition coefficient (Wildman–Crippen LogP) is 7.19. The van der Waals surface area contributed by atoms with Crippen molar-refractivity contribution in [1.29, 1.82) is 0 Å². The molecular weight excluding hydrogens is 427 g/mol. The summed E-state index contributed by atoms with van der Waals surface area (Å²) in [6, 6.07) is 20.5. The summed E-state index contributed by atoms with van der Waals surface area (Å²) in [6.07, 6.45) is 1.62. The fraction of sp³-hybridized carbons (Fsp3) is 0.130. The number of rotatable bonds is 5. The lowest BCUT2D eigenvalue weighted by molar-refractivity contribution is -0.116. The van der Waals surface area contributed by atoms with Crippen LogP contribution in [0.25, 0.3) is 0 Å². The fourth-order valence-corrected chi connectivity index (χ4v) is 3.95. The first-order chi connectivity index (χ1) is 13.9. The molecule has 0 saturated carbocycles. The number of hydrogen-bond donors (Lipinski definition) is 0. The summed E-state index contributed by atoms with van der Waals surface area (Å²) in [5.74, 6) is -0.289. The van der Waals surface area contributed by atoms with Crippen LogP contribution in [0.2, 0.25) is 15.1 Å². The Hall–Kier alpha value is -2.33. The highest BCUT2D eigenvalue weighted by Crippen LogP contribution is 2.39. The molecule has 3 aromatic carbocycles. The molecule has 0 aliphatic rings. The maximum absolute atomic E-state index is 12.2. The highest BCUT2D eigenvalue weighted by molar-refractivity contribution is 6.36. The van der Waals surface area contributed by atoms with Crippen molar-refractivity contribution in [1.82, 2.24) is 0 Å². The van der Waals surface area contributed by atoms with Crippen LogP contribution >= 0.6 is 34.8 Å². The first kappa shape index (κ1) is 21.4. The van der Waals surface area contributed by atoms with Gasteiger partial charge in [-0.3, -0.25) is 4.79 Å². The van der Waals surface area contributed by atoms with E-state index in [4.69, 9.17) is 34.8 Å². The molecule has 0 spiro atoms. The maximum Gasteiger partial charge on any atom is 0.244 e. The van der Waals surface area contributed by atoms with Gasteiger partial charge < -0.3 is 0 Å². The molecule has 0 bridgehead atoms. The van der Waals surface area contributed by atoms with E-state index in [1.807, 2.05) is 61.5 Å². The van der Waals surface area contributed by atoms with E-state index in [1.165, 1.54) is 11.9 Å². The summed E-state index contributed by atoms with van der Waals surface area (Å²) in [5, 5.41) is 7.20. The highest BCUT2D eigenvalue weighted by atomic mass is 35.5. The van der Waals surface area contributed by atoms with Gasteiger partial charge in [-0.15, -0.1) is 0 Å². The Morgan fingerprint density at radius 2 is 1.55 bits per heavy atom. The molecule has 0 heterocycles. The monoisotopic (exact) mass is 444 g/mol. The number of nitrogens with zero attached hydrogens (tertiary/aromatic N) is 2. The zero-order valence-corrected chi connectivity index (χ0v) is 18.2. The van der Waals surface area contributed by atoms with Gasteiger partial charge in [-0.2, -0.15) is 5.10 Å². The summed E-state index contributed by atoms with van der Waals surface area (Å²) in [4.78, 5) is 12.2. The number of amides is 1. The van der Waals surface area contributed by atoms with E-state index in [1.54, 1.807) is 18.3 Å². The summed E-state index contributed by atoms with van der Waals surface area (Å²) in [7, 11) is 0. The minimum absolute atomic E-state index is 0.0417. The molecule has 0 aliphatic heterocycles. The molecule has 29 heavy (non-hydrogen) atoms. The van der Waals surface area contributed by atoms with Crippen LogP contribution in [-0.2, 0) is 4.79 Å². The number of carbonyl (C=O) groups excluding carboxylic acids is 1. The first-order valence-electron chi connectivity index (χ1n) is 9.01. The Balaban J connectivity index is 1.95. The second-order valence-corrected chi connectivity index (χ2v) is 7.83. The van der Waals surface area contributed by atoms with Crippen LogP contribution in [0.15, 0.2) is 71.8 Å². The van der Waals surface area contributed by atoms with Crippen molar-refractivity contribution in [2.75, 3.05) is 5.01 Å². The molecule has 148 valence electrons. The van der Waals surface area contributed by atoms with Gasteiger partial charge in [-0.25, -0.2) is 5.01 Å². The zero-order valence-electron chi connectivity index (χ0n) is 15.9. The van der Waals surface area contributed by atoms with E-state index in [9.17, 15) is 4.79 Å². The molecule has 3 aromatic rings. The summed E-state index contributed by atoms with van der Waals surface area (Å²) < 4.78 is 0. The van der Waals surface area contributed by atoms with E-state index in [0.29, 0.717) is 20.8 Å². The molecule has 0 saturated heterocycles. The Morgan fingerprint density at radius 3 is 2.10 bits per heavy atom. The van der Waals surface area contributed by atoms with Gasteiger partial charge in [0, 0.05) is 27.9 Å². The van der Waals surface area contributed by atoms with Gasteiger partial charge in [0.2, 0.25) is 5.91 Å². The van der Waals surface area contributed by atoms with Gasteiger partial charge >= 0.3 is 0 Å². The molecule has 0 N–H and O–H groups in total. The Morgan fingerprint density at radius 1 is 0.966 bits per heavy atom. The standard InChI is InChI=1S/C23H19Cl3N2O/c1-15(18-8-10-19(24)11-9-18)23-21(25)12-20(13-22(23)26)28(16(2)29)27-14-17-6-4-3-5-7-17/h3-15H,1-2H3/b27-14+. The third-order valence-corrected chi connectivity index (χ3v) is 5.41. The van der Waals surface area contributed by atoms with Crippen LogP contribution in [-0.4, -0.2) is 12.1 Å². The van der Waals surface area contributed by atoms with Crippen molar-refractivity contribution in [2.24, 2.45) is 5.10 Å². The average Bonchev–Trinajstić information content (AvgIpc) is 2.68. The van der Waals surface area contributed by atoms with E-state index < -0.39 is 0 Å². The highest BCUT2D eigenvalue weighted by Gasteiger charge is 2.20. The average molecular weight is 446 g/mol. The van der Waals surface area contributed by atoms with Gasteiger partial charge in [0.1, 0.15) is 0 Å². The number of anilines is 1. The third-order valence-electron chi connectivity index (χ3n) is 4.53. The normalized spacial score (nSPS) is 12.2. The molecule has 1 amide bonds. The van der Waals surface area contributed by atoms with Crippen molar-refractivity contribution in [3.63, 3.8) is 0 Å². The summed E-state index contributed by atoms with van der Waals surface area (Å²) in [6.45, 7) is 3.46. The molecule has 0 radical (unpaired) electrons. The van der Waals surface area contributed by atoms with Gasteiger partial charge in [0.25, 0.3) is 0 Å². The lowest BCUT2D eigenvalue weighted by atomic mass is 9.93. The number of hydrazone groups is 1. The van der Waals surface area contributed by atoms with E-state index in [2.05, 4.69) is 5.10 Å². The van der Waals surface area contributed by atoms with Crippen molar-refractivity contribution < 1.29 is 4.79 Å². The lowest BCUT2D eigenvalue weighted by Crippen LogP contribution is -2.22. The molecule has 0 aliphatic carbocycles. The van der Waals surface area contributed by atoms with Gasteiger partial charge in [0.05, 0.1) is 11.9 Å². The maximum atomic E-state index is 12.2. The van der Waals surface area contributed by atoms with Crippen LogP contribution in [0, 0.1) is 0 Å². The topological polar surface area (TPSA) is 32.7 Å². The third kappa shape index (κ3) is 5.18. The van der Waals surface area contributed by atoms with Gasteiger partial charge in [0.15, 0.2) is 0 Å². The number of carbonyl (C=O) groups is 1. The van der Waals surface area contributed by atoms with E-state index in [-0.39, 0.29) is 11.8 Å². The van der Waals surface area contributed by atoms with Crippen LogP contribution in [0.4, 0.5) is 5.69 Å². The molecule has 0 aromatic heterocycles. The van der Waals surface area contributed by atoms with Gasteiger partial charge in [-0.05, 0) is 41.0 Å². The summed E-state index contributed by atoms with van der Waals surface area (Å²) >= 11 is 19.1. The minimum atomic E-state index is -0.247. The Kier molecular flexibility index (Phi) is 6.96. The second kappa shape index (κ2) is 9.45. The summed E-state index contributed by atoms with van der Waals surface area (Å²) in [5.41, 5.74) is 3.21. The minimum Gasteiger partial charge on any atom is -0.273 e. The zero-order chi connectivity index (χ0) is 21.0. The van der Waals surface area contributed by atoms with Crippen molar-refractivity contribution in [3.05, 3.63) is 98.5 Å². The number of halogens is 3. The molecule has 1 unspecified atom stereocenters. The molecule has 3 nitrogen and oxygen atoms in total. The van der Waals surface area contributed by atoms with E-state index in [0.717, 1.165) is 16.7 Å². The lowest BCUT2D eigenvalue weighted by Gasteiger charge is -2.20. The molecule has 0 fully saturated rings. The van der Waals surface area contributed by atoms with Crippen LogP contribution in [0.5, 0.6) is 0 Å². The SMILES string of the molecule is CC(=O)N(/N=C/c1ccccc1)c1cc(Cl)c(C(C)c2ccc(Cl)cc2)c(Cl)c1. The van der Waals surface area contributed by atoms with Crippen molar-refractivity contribution >= 4 is 52.6 Å². The van der Waals surface area contributed by atoms with Gasteiger partial charge in [-0.1, -0.05) is 84.2 Å². The van der Waals surface area contributed by atoms with Crippen LogP contribution < -0.4 is 5.01 Å². The molecule has 6 heteroatoms.